The van der Waals surface area contributed by atoms with E-state index in [1.807, 2.05) is 18.5 Å². The standard InChI is InChI=1S/C16H29N3/c1-15(2)18-11-6-4-5-7-12-19(3)14-16-9-8-10-17-13-16/h8-10,13,15,18H,4-7,11-12,14H2,1-3H3. The number of hydrogen-bond donors (Lipinski definition) is 1. The number of nitrogens with zero attached hydrogens (tertiary/aromatic N) is 2. The summed E-state index contributed by atoms with van der Waals surface area (Å²) in [6.07, 6.45) is 9.03. The summed E-state index contributed by atoms with van der Waals surface area (Å²) in [6, 6.07) is 4.76. The lowest BCUT2D eigenvalue weighted by atomic mass is 10.2. The molecule has 0 amide bonds. The molecule has 1 N–H and O–H groups in total. The SMILES string of the molecule is CC(C)NCCCCCCN(C)Cc1cccnc1. The molecule has 0 fully saturated rings. The number of nitrogens with one attached hydrogen (secondary N) is 1. The van der Waals surface area contributed by atoms with Crippen LogP contribution in [0.25, 0.3) is 0 Å². The van der Waals surface area contributed by atoms with Gasteiger partial charge < -0.3 is 10.2 Å². The maximum absolute atomic E-state index is 4.15. The van der Waals surface area contributed by atoms with Gasteiger partial charge in [-0.15, -0.1) is 0 Å². The first-order valence-electron chi connectivity index (χ1n) is 7.49. The fraction of sp³-hybridized carbons (Fsp3) is 0.688. The molecule has 1 rings (SSSR count). The molecule has 1 heterocycles. The first-order valence-corrected chi connectivity index (χ1v) is 7.49. The van der Waals surface area contributed by atoms with Crippen molar-refractivity contribution in [3.8, 4) is 0 Å². The lowest BCUT2D eigenvalue weighted by Crippen LogP contribution is -2.23. The van der Waals surface area contributed by atoms with E-state index in [1.54, 1.807) is 0 Å². The predicted octanol–water partition coefficient (Wildman–Crippen LogP) is 3.07. The van der Waals surface area contributed by atoms with Crippen LogP contribution < -0.4 is 5.32 Å². The minimum atomic E-state index is 0.616. The predicted molar refractivity (Wildman–Crippen MR) is 82.2 cm³/mol. The molecule has 0 aliphatic heterocycles. The van der Waals surface area contributed by atoms with Gasteiger partial charge in [0.05, 0.1) is 0 Å². The summed E-state index contributed by atoms with van der Waals surface area (Å²) >= 11 is 0. The molecule has 0 aliphatic rings. The van der Waals surface area contributed by atoms with E-state index in [-0.39, 0.29) is 0 Å². The number of hydrogen-bond acceptors (Lipinski definition) is 3. The van der Waals surface area contributed by atoms with Crippen molar-refractivity contribution in [1.29, 1.82) is 0 Å². The Labute approximate surface area is 118 Å². The molecule has 0 radical (unpaired) electrons. The average molecular weight is 263 g/mol. The molecule has 3 heteroatoms. The van der Waals surface area contributed by atoms with Gasteiger partial charge in [0.2, 0.25) is 0 Å². The Morgan fingerprint density at radius 2 is 2.00 bits per heavy atom. The molecule has 0 aromatic carbocycles. The smallest absolute Gasteiger partial charge is 0.0312 e. The van der Waals surface area contributed by atoms with Crippen LogP contribution in [0.4, 0.5) is 0 Å². The molecule has 0 saturated carbocycles. The summed E-state index contributed by atoms with van der Waals surface area (Å²) in [4.78, 5) is 6.53. The number of pyridine rings is 1. The second-order valence-electron chi connectivity index (χ2n) is 5.62. The minimum absolute atomic E-state index is 0.616. The summed E-state index contributed by atoms with van der Waals surface area (Å²) in [5, 5.41) is 3.46. The van der Waals surface area contributed by atoms with Crippen molar-refractivity contribution in [3.05, 3.63) is 30.1 Å². The summed E-state index contributed by atoms with van der Waals surface area (Å²) in [7, 11) is 2.19. The van der Waals surface area contributed by atoms with Crippen molar-refractivity contribution in [2.45, 2.75) is 52.1 Å². The van der Waals surface area contributed by atoms with Crippen LogP contribution in [0.2, 0.25) is 0 Å². The molecular formula is C16H29N3. The van der Waals surface area contributed by atoms with E-state index in [0.717, 1.165) is 13.1 Å². The van der Waals surface area contributed by atoms with Gasteiger partial charge in [-0.25, -0.2) is 0 Å². The molecule has 0 spiro atoms. The third-order valence-electron chi connectivity index (χ3n) is 3.19. The van der Waals surface area contributed by atoms with Crippen molar-refractivity contribution in [1.82, 2.24) is 15.2 Å². The van der Waals surface area contributed by atoms with Gasteiger partial charge in [0.25, 0.3) is 0 Å². The van der Waals surface area contributed by atoms with Crippen molar-refractivity contribution < 1.29 is 0 Å². The Morgan fingerprint density at radius 1 is 1.21 bits per heavy atom. The van der Waals surface area contributed by atoms with Crippen LogP contribution in [-0.2, 0) is 6.54 Å². The maximum Gasteiger partial charge on any atom is 0.0312 e. The van der Waals surface area contributed by atoms with E-state index < -0.39 is 0 Å². The summed E-state index contributed by atoms with van der Waals surface area (Å²) in [5.74, 6) is 0. The average Bonchev–Trinajstić information content (AvgIpc) is 2.38. The van der Waals surface area contributed by atoms with Gasteiger partial charge in [0.15, 0.2) is 0 Å². The summed E-state index contributed by atoms with van der Waals surface area (Å²) in [5.41, 5.74) is 1.30. The van der Waals surface area contributed by atoms with E-state index in [2.05, 4.69) is 42.2 Å². The van der Waals surface area contributed by atoms with Gasteiger partial charge in [-0.1, -0.05) is 32.8 Å². The topological polar surface area (TPSA) is 28.2 Å². The summed E-state index contributed by atoms with van der Waals surface area (Å²) in [6.45, 7) is 7.74. The Kier molecular flexibility index (Phi) is 8.43. The summed E-state index contributed by atoms with van der Waals surface area (Å²) < 4.78 is 0. The number of rotatable bonds is 10. The molecular weight excluding hydrogens is 234 g/mol. The van der Waals surface area contributed by atoms with E-state index in [1.165, 1.54) is 37.8 Å². The third-order valence-corrected chi connectivity index (χ3v) is 3.19. The highest BCUT2D eigenvalue weighted by Crippen LogP contribution is 2.04. The first kappa shape index (κ1) is 16.1. The molecule has 1 aromatic rings. The van der Waals surface area contributed by atoms with Crippen LogP contribution in [0.3, 0.4) is 0 Å². The molecule has 0 aliphatic carbocycles. The van der Waals surface area contributed by atoms with Crippen LogP contribution in [-0.4, -0.2) is 36.1 Å². The third kappa shape index (κ3) is 8.73. The normalized spacial score (nSPS) is 11.4. The molecule has 1 aromatic heterocycles. The van der Waals surface area contributed by atoms with Gasteiger partial charge in [-0.3, -0.25) is 4.98 Å². The van der Waals surface area contributed by atoms with Gasteiger partial charge >= 0.3 is 0 Å². The Bertz CT molecular complexity index is 311. The maximum atomic E-state index is 4.15. The van der Waals surface area contributed by atoms with Crippen LogP contribution in [0, 0.1) is 0 Å². The second-order valence-corrected chi connectivity index (χ2v) is 5.62. The van der Waals surface area contributed by atoms with Crippen molar-refractivity contribution >= 4 is 0 Å². The molecule has 108 valence electrons. The van der Waals surface area contributed by atoms with Crippen molar-refractivity contribution in [2.75, 3.05) is 20.1 Å². The Morgan fingerprint density at radius 3 is 2.68 bits per heavy atom. The molecule has 0 bridgehead atoms. The number of aromatic nitrogens is 1. The molecule has 0 atom stereocenters. The van der Waals surface area contributed by atoms with Crippen molar-refractivity contribution in [3.63, 3.8) is 0 Å². The zero-order valence-corrected chi connectivity index (χ0v) is 12.7. The molecule has 0 unspecified atom stereocenters. The van der Waals surface area contributed by atoms with Crippen LogP contribution in [0.1, 0.15) is 45.1 Å². The Hall–Kier alpha value is -0.930. The molecule has 3 nitrogen and oxygen atoms in total. The fourth-order valence-corrected chi connectivity index (χ4v) is 2.13. The van der Waals surface area contributed by atoms with E-state index in [4.69, 9.17) is 0 Å². The second kappa shape index (κ2) is 9.93. The lowest BCUT2D eigenvalue weighted by molar-refractivity contribution is 0.316. The highest BCUT2D eigenvalue weighted by Gasteiger charge is 2.00. The van der Waals surface area contributed by atoms with Gasteiger partial charge in [-0.2, -0.15) is 0 Å². The largest absolute Gasteiger partial charge is 0.315 e. The van der Waals surface area contributed by atoms with E-state index in [0.29, 0.717) is 6.04 Å². The molecule has 0 saturated heterocycles. The van der Waals surface area contributed by atoms with E-state index >= 15 is 0 Å². The zero-order valence-electron chi connectivity index (χ0n) is 12.7. The highest BCUT2D eigenvalue weighted by molar-refractivity contribution is 5.07. The highest BCUT2D eigenvalue weighted by atomic mass is 15.1. The number of unbranched alkanes of at least 4 members (excludes halogenated alkanes) is 3. The van der Waals surface area contributed by atoms with Crippen LogP contribution in [0.15, 0.2) is 24.5 Å². The van der Waals surface area contributed by atoms with Gasteiger partial charge in [-0.05, 0) is 44.6 Å². The van der Waals surface area contributed by atoms with Gasteiger partial charge in [0.1, 0.15) is 0 Å². The lowest BCUT2D eigenvalue weighted by Gasteiger charge is -2.16. The fourth-order valence-electron chi connectivity index (χ4n) is 2.13. The first-order chi connectivity index (χ1) is 9.18. The minimum Gasteiger partial charge on any atom is -0.315 e. The quantitative estimate of drug-likeness (QED) is 0.658. The van der Waals surface area contributed by atoms with E-state index in [9.17, 15) is 0 Å². The van der Waals surface area contributed by atoms with Gasteiger partial charge in [0, 0.05) is 25.0 Å². The molecule has 19 heavy (non-hydrogen) atoms. The van der Waals surface area contributed by atoms with Crippen LogP contribution in [0.5, 0.6) is 0 Å². The monoisotopic (exact) mass is 263 g/mol. The zero-order chi connectivity index (χ0) is 13.9. The van der Waals surface area contributed by atoms with Crippen molar-refractivity contribution in [2.24, 2.45) is 0 Å². The Balaban J connectivity index is 1.97. The van der Waals surface area contributed by atoms with Crippen LogP contribution >= 0.6 is 0 Å².